The van der Waals surface area contributed by atoms with Crippen LogP contribution in [0.5, 0.6) is 0 Å². The highest BCUT2D eigenvalue weighted by atomic mass is 32.2. The summed E-state index contributed by atoms with van der Waals surface area (Å²) in [5.74, 6) is 1.23. The van der Waals surface area contributed by atoms with Gasteiger partial charge in [-0.3, -0.25) is 0 Å². The van der Waals surface area contributed by atoms with E-state index in [0.717, 1.165) is 42.7 Å². The van der Waals surface area contributed by atoms with Crippen molar-refractivity contribution in [1.29, 1.82) is 0 Å². The minimum absolute atomic E-state index is 0.253. The molecule has 20 heavy (non-hydrogen) atoms. The highest BCUT2D eigenvalue weighted by Crippen LogP contribution is 2.39. The van der Waals surface area contributed by atoms with Gasteiger partial charge in [0, 0.05) is 18.7 Å². The van der Waals surface area contributed by atoms with Crippen molar-refractivity contribution in [3.8, 4) is 0 Å². The third-order valence-electron chi connectivity index (χ3n) is 4.31. The summed E-state index contributed by atoms with van der Waals surface area (Å²) in [7, 11) is -2.92. The first-order valence-corrected chi connectivity index (χ1v) is 8.90. The van der Waals surface area contributed by atoms with Gasteiger partial charge in [-0.25, -0.2) is 18.4 Å². The highest BCUT2D eigenvalue weighted by Gasteiger charge is 2.35. The second kappa shape index (κ2) is 4.28. The number of nitrogens with zero attached hydrogens (tertiary/aromatic N) is 3. The Labute approximate surface area is 118 Å². The third kappa shape index (κ3) is 1.93. The van der Waals surface area contributed by atoms with E-state index in [1.54, 1.807) is 6.20 Å². The molecule has 4 rings (SSSR count). The molecule has 2 fully saturated rings. The number of hydrogen-bond acceptors (Lipinski definition) is 4. The normalized spacial score (nSPS) is 25.3. The van der Waals surface area contributed by atoms with Crippen LogP contribution in [-0.2, 0) is 16.3 Å². The van der Waals surface area contributed by atoms with Gasteiger partial charge in [0.25, 0.3) is 0 Å². The maximum atomic E-state index is 12.0. The molecule has 2 aliphatic rings. The predicted molar refractivity (Wildman–Crippen MR) is 76.3 cm³/mol. The lowest BCUT2D eigenvalue weighted by atomic mass is 10.2. The standard InChI is InChI=1S/C14H17N3O2S/c18-20(19)8-2-3-11(20)9-13-16-12-4-1-7-15-14(12)17(13)10-5-6-10/h1,4,7,10-11H,2-3,5-6,8-9H2. The highest BCUT2D eigenvalue weighted by molar-refractivity contribution is 7.92. The molecule has 5 nitrogen and oxygen atoms in total. The van der Waals surface area contributed by atoms with Gasteiger partial charge in [-0.2, -0.15) is 0 Å². The minimum Gasteiger partial charge on any atom is -0.310 e. The quantitative estimate of drug-likeness (QED) is 0.866. The van der Waals surface area contributed by atoms with E-state index in [4.69, 9.17) is 0 Å². The fraction of sp³-hybridized carbons (Fsp3) is 0.571. The molecule has 0 spiro atoms. The van der Waals surface area contributed by atoms with Gasteiger partial charge in [0.1, 0.15) is 11.3 Å². The van der Waals surface area contributed by atoms with Crippen molar-refractivity contribution < 1.29 is 8.42 Å². The molecule has 2 aromatic heterocycles. The van der Waals surface area contributed by atoms with E-state index in [0.29, 0.717) is 18.2 Å². The first-order valence-electron chi connectivity index (χ1n) is 7.18. The maximum Gasteiger partial charge on any atom is 0.160 e. The first-order chi connectivity index (χ1) is 9.65. The average Bonchev–Trinajstić information content (AvgIpc) is 3.10. The summed E-state index contributed by atoms with van der Waals surface area (Å²) in [6.45, 7) is 0. The fourth-order valence-electron chi connectivity index (χ4n) is 3.13. The second-order valence-corrected chi connectivity index (χ2v) is 8.21. The third-order valence-corrected chi connectivity index (χ3v) is 6.58. The number of pyridine rings is 1. The topological polar surface area (TPSA) is 64.8 Å². The zero-order chi connectivity index (χ0) is 13.7. The lowest BCUT2D eigenvalue weighted by Crippen LogP contribution is -2.20. The smallest absolute Gasteiger partial charge is 0.160 e. The lowest BCUT2D eigenvalue weighted by molar-refractivity contribution is 0.581. The van der Waals surface area contributed by atoms with Crippen molar-refractivity contribution in [3.63, 3.8) is 0 Å². The number of sulfone groups is 1. The minimum atomic E-state index is -2.92. The zero-order valence-corrected chi connectivity index (χ0v) is 12.0. The summed E-state index contributed by atoms with van der Waals surface area (Å²) in [5, 5.41) is -0.253. The summed E-state index contributed by atoms with van der Waals surface area (Å²) in [4.78, 5) is 9.06. The van der Waals surface area contributed by atoms with E-state index in [1.165, 1.54) is 0 Å². The van der Waals surface area contributed by atoms with E-state index >= 15 is 0 Å². The van der Waals surface area contributed by atoms with Crippen molar-refractivity contribution in [2.75, 3.05) is 5.75 Å². The molecule has 0 aromatic carbocycles. The largest absolute Gasteiger partial charge is 0.310 e. The van der Waals surface area contributed by atoms with Gasteiger partial charge in [-0.1, -0.05) is 0 Å². The van der Waals surface area contributed by atoms with Gasteiger partial charge in [0.2, 0.25) is 0 Å². The van der Waals surface area contributed by atoms with E-state index in [2.05, 4.69) is 14.5 Å². The molecule has 0 radical (unpaired) electrons. The van der Waals surface area contributed by atoms with Gasteiger partial charge in [-0.05, 0) is 37.8 Å². The summed E-state index contributed by atoms with van der Waals surface area (Å²) in [6.07, 6.45) is 6.16. The average molecular weight is 291 g/mol. The van der Waals surface area contributed by atoms with Crippen LogP contribution in [0.25, 0.3) is 11.2 Å². The molecule has 0 amide bonds. The van der Waals surface area contributed by atoms with Gasteiger partial charge < -0.3 is 4.57 Å². The molecule has 2 aromatic rings. The van der Waals surface area contributed by atoms with Crippen LogP contribution in [0.4, 0.5) is 0 Å². The Balaban J connectivity index is 1.77. The van der Waals surface area contributed by atoms with Crippen LogP contribution in [0, 0.1) is 0 Å². The summed E-state index contributed by atoms with van der Waals surface area (Å²) < 4.78 is 26.2. The van der Waals surface area contributed by atoms with Crippen LogP contribution >= 0.6 is 0 Å². The summed E-state index contributed by atoms with van der Waals surface area (Å²) in [5.41, 5.74) is 1.78. The number of fused-ring (bicyclic) bond motifs is 1. The van der Waals surface area contributed by atoms with Crippen LogP contribution in [0.2, 0.25) is 0 Å². The summed E-state index contributed by atoms with van der Waals surface area (Å²) >= 11 is 0. The van der Waals surface area contributed by atoms with E-state index in [-0.39, 0.29) is 5.25 Å². The van der Waals surface area contributed by atoms with E-state index in [1.807, 2.05) is 12.1 Å². The predicted octanol–water partition coefficient (Wildman–Crippen LogP) is 1.89. The van der Waals surface area contributed by atoms with Crippen molar-refractivity contribution in [3.05, 3.63) is 24.2 Å². The molecule has 106 valence electrons. The molecule has 6 heteroatoms. The SMILES string of the molecule is O=S1(=O)CCCC1Cc1nc2cccnc2n1C1CC1. The molecule has 3 heterocycles. The van der Waals surface area contributed by atoms with Crippen LogP contribution in [0.1, 0.15) is 37.5 Å². The molecule has 1 saturated carbocycles. The number of hydrogen-bond donors (Lipinski definition) is 0. The number of aromatic nitrogens is 3. The Kier molecular flexibility index (Phi) is 2.64. The number of imidazole rings is 1. The van der Waals surface area contributed by atoms with Crippen LogP contribution in [0.15, 0.2) is 18.3 Å². The lowest BCUT2D eigenvalue weighted by Gasteiger charge is -2.11. The zero-order valence-electron chi connectivity index (χ0n) is 11.2. The van der Waals surface area contributed by atoms with Crippen molar-refractivity contribution in [2.24, 2.45) is 0 Å². The second-order valence-electron chi connectivity index (χ2n) is 5.81. The molecule has 1 aliphatic carbocycles. The first kappa shape index (κ1) is 12.3. The van der Waals surface area contributed by atoms with Crippen LogP contribution in [-0.4, -0.2) is 34.0 Å². The monoisotopic (exact) mass is 291 g/mol. The van der Waals surface area contributed by atoms with Crippen molar-refractivity contribution in [1.82, 2.24) is 14.5 Å². The number of rotatable bonds is 3. The molecule has 0 N–H and O–H groups in total. The van der Waals surface area contributed by atoms with Gasteiger partial charge in [0.15, 0.2) is 15.5 Å². The Bertz CT molecular complexity index is 762. The van der Waals surface area contributed by atoms with Crippen molar-refractivity contribution >= 4 is 21.0 Å². The van der Waals surface area contributed by atoms with E-state index in [9.17, 15) is 8.42 Å². The Morgan fingerprint density at radius 3 is 2.85 bits per heavy atom. The molecule has 1 saturated heterocycles. The molecule has 1 unspecified atom stereocenters. The maximum absolute atomic E-state index is 12.0. The Morgan fingerprint density at radius 2 is 2.15 bits per heavy atom. The van der Waals surface area contributed by atoms with Crippen LogP contribution < -0.4 is 0 Å². The van der Waals surface area contributed by atoms with Gasteiger partial charge in [0.05, 0.1) is 11.0 Å². The molecule has 1 aliphatic heterocycles. The van der Waals surface area contributed by atoms with Crippen molar-refractivity contribution in [2.45, 2.75) is 43.4 Å². The van der Waals surface area contributed by atoms with Gasteiger partial charge in [-0.15, -0.1) is 0 Å². The van der Waals surface area contributed by atoms with Crippen LogP contribution in [0.3, 0.4) is 0 Å². The molecular formula is C14H17N3O2S. The van der Waals surface area contributed by atoms with Gasteiger partial charge >= 0.3 is 0 Å². The van der Waals surface area contributed by atoms with E-state index < -0.39 is 9.84 Å². The molecular weight excluding hydrogens is 274 g/mol. The Hall–Kier alpha value is -1.43. The molecule has 1 atom stereocenters. The molecule has 0 bridgehead atoms. The Morgan fingerprint density at radius 1 is 1.30 bits per heavy atom. The fourth-order valence-corrected chi connectivity index (χ4v) is 4.96. The summed E-state index contributed by atoms with van der Waals surface area (Å²) in [6, 6.07) is 4.30.